The lowest BCUT2D eigenvalue weighted by atomic mass is 9.88. The molecule has 5 rings (SSSR count). The van der Waals surface area contributed by atoms with Gasteiger partial charge in [-0.2, -0.15) is 0 Å². The van der Waals surface area contributed by atoms with Crippen LogP contribution in [0.15, 0.2) is 30.3 Å². The molecule has 1 atom stereocenters. The van der Waals surface area contributed by atoms with Gasteiger partial charge < -0.3 is 4.90 Å². The van der Waals surface area contributed by atoms with Crippen molar-refractivity contribution in [1.82, 2.24) is 14.9 Å². The van der Waals surface area contributed by atoms with Crippen molar-refractivity contribution in [3.05, 3.63) is 53.0 Å². The maximum absolute atomic E-state index is 13.0. The normalized spacial score (nSPS) is 21.4. The molecule has 2 aromatic rings. The molecule has 1 aromatic heterocycles. The molecular formula is C27H34N4O2. The summed E-state index contributed by atoms with van der Waals surface area (Å²) < 4.78 is 0. The molecule has 6 nitrogen and oxygen atoms in total. The van der Waals surface area contributed by atoms with Gasteiger partial charge in [0.25, 0.3) is 0 Å². The molecule has 0 bridgehead atoms. The second kappa shape index (κ2) is 9.62. The van der Waals surface area contributed by atoms with Crippen LogP contribution in [-0.4, -0.2) is 46.3 Å². The van der Waals surface area contributed by atoms with Gasteiger partial charge in [-0.15, -0.1) is 0 Å². The lowest BCUT2D eigenvalue weighted by Crippen LogP contribution is -2.38. The molecule has 1 aliphatic carbocycles. The third-order valence-corrected chi connectivity index (χ3v) is 7.64. The number of carbonyl (C=O) groups is 2. The average molecular weight is 447 g/mol. The highest BCUT2D eigenvalue weighted by Gasteiger charge is 2.35. The minimum atomic E-state index is 0.142. The number of aromatic nitrogens is 2. The predicted octanol–water partition coefficient (Wildman–Crippen LogP) is 4.20. The Morgan fingerprint density at radius 3 is 2.61 bits per heavy atom. The van der Waals surface area contributed by atoms with Gasteiger partial charge in [0.05, 0.1) is 0 Å². The molecule has 3 heterocycles. The van der Waals surface area contributed by atoms with Crippen LogP contribution in [-0.2, 0) is 22.4 Å². The summed E-state index contributed by atoms with van der Waals surface area (Å²) in [4.78, 5) is 39.6. The fraction of sp³-hybridized carbons (Fsp3) is 0.556. The van der Waals surface area contributed by atoms with Gasteiger partial charge >= 0.3 is 0 Å². The van der Waals surface area contributed by atoms with Gasteiger partial charge in [-0.05, 0) is 44.6 Å². The fourth-order valence-electron chi connectivity index (χ4n) is 5.68. The minimum absolute atomic E-state index is 0.142. The molecule has 0 radical (unpaired) electrons. The molecule has 3 aliphatic rings. The van der Waals surface area contributed by atoms with Crippen LogP contribution in [0.25, 0.3) is 0 Å². The van der Waals surface area contributed by atoms with E-state index in [4.69, 9.17) is 9.97 Å². The molecule has 174 valence electrons. The molecule has 0 N–H and O–H groups in total. The third-order valence-electron chi connectivity index (χ3n) is 7.64. The first kappa shape index (κ1) is 22.1. The average Bonchev–Trinajstić information content (AvgIpc) is 3.34. The van der Waals surface area contributed by atoms with Crippen LogP contribution in [0.2, 0.25) is 0 Å². The van der Waals surface area contributed by atoms with Gasteiger partial charge in [-0.25, -0.2) is 9.97 Å². The molecule has 2 aliphatic heterocycles. The zero-order valence-corrected chi connectivity index (χ0v) is 19.6. The second-order valence-electron chi connectivity index (χ2n) is 9.86. The lowest BCUT2D eigenvalue weighted by molar-refractivity contribution is -0.135. The van der Waals surface area contributed by atoms with Gasteiger partial charge in [0.2, 0.25) is 11.8 Å². The molecule has 2 amide bonds. The van der Waals surface area contributed by atoms with Gasteiger partial charge in [0.15, 0.2) is 0 Å². The Bertz CT molecular complexity index is 1020. The third kappa shape index (κ3) is 4.66. The Balaban J connectivity index is 1.33. The number of nitrogens with zero attached hydrogens (tertiary/aromatic N) is 4. The summed E-state index contributed by atoms with van der Waals surface area (Å²) in [6.45, 7) is 4.15. The van der Waals surface area contributed by atoms with Crippen molar-refractivity contribution in [2.45, 2.75) is 70.6 Å². The Hall–Kier alpha value is -2.76. The van der Waals surface area contributed by atoms with Crippen LogP contribution in [0.4, 0.5) is 5.82 Å². The maximum atomic E-state index is 13.0. The standard InChI is InChI=1S/C27H34N4O2/c1-19-23-12-13-24(32)31(17-14-20-8-4-2-5-9-20)26(23)29-25(28-19)22-15-16-30(18-22)27(33)21-10-6-3-7-11-21/h2,4-5,8-9,21-22H,3,6-7,10-18H2,1H3. The molecular weight excluding hydrogens is 412 g/mol. The highest BCUT2D eigenvalue weighted by atomic mass is 16.2. The zero-order chi connectivity index (χ0) is 22.8. The molecule has 1 saturated carbocycles. The van der Waals surface area contributed by atoms with E-state index < -0.39 is 0 Å². The number of hydrogen-bond acceptors (Lipinski definition) is 4. The lowest BCUT2D eigenvalue weighted by Gasteiger charge is -2.30. The van der Waals surface area contributed by atoms with Crippen LogP contribution in [0.3, 0.4) is 0 Å². The number of amides is 2. The molecule has 1 unspecified atom stereocenters. The Morgan fingerprint density at radius 2 is 1.82 bits per heavy atom. The van der Waals surface area contributed by atoms with Crippen LogP contribution in [0, 0.1) is 12.8 Å². The topological polar surface area (TPSA) is 66.4 Å². The van der Waals surface area contributed by atoms with Crippen LogP contribution in [0.5, 0.6) is 0 Å². The number of rotatable bonds is 5. The summed E-state index contributed by atoms with van der Waals surface area (Å²) in [6.07, 6.45) is 8.60. The molecule has 1 saturated heterocycles. The van der Waals surface area contributed by atoms with Gasteiger partial charge in [0.1, 0.15) is 11.6 Å². The molecule has 1 aromatic carbocycles. The molecule has 6 heteroatoms. The Morgan fingerprint density at radius 1 is 1.03 bits per heavy atom. The molecule has 2 fully saturated rings. The number of hydrogen-bond donors (Lipinski definition) is 0. The summed E-state index contributed by atoms with van der Waals surface area (Å²) in [5, 5.41) is 0. The van der Waals surface area contributed by atoms with E-state index in [9.17, 15) is 9.59 Å². The first-order valence-corrected chi connectivity index (χ1v) is 12.6. The monoisotopic (exact) mass is 446 g/mol. The van der Waals surface area contributed by atoms with E-state index in [-0.39, 0.29) is 17.7 Å². The maximum Gasteiger partial charge on any atom is 0.228 e. The first-order chi connectivity index (χ1) is 16.1. The van der Waals surface area contributed by atoms with E-state index in [1.165, 1.54) is 24.8 Å². The molecule has 33 heavy (non-hydrogen) atoms. The Labute approximate surface area is 196 Å². The second-order valence-corrected chi connectivity index (χ2v) is 9.86. The summed E-state index contributed by atoms with van der Waals surface area (Å²) in [5.41, 5.74) is 3.29. The van der Waals surface area contributed by atoms with Gasteiger partial charge in [-0.1, -0.05) is 49.6 Å². The quantitative estimate of drug-likeness (QED) is 0.690. The smallest absolute Gasteiger partial charge is 0.228 e. The highest BCUT2D eigenvalue weighted by molar-refractivity contribution is 5.95. The predicted molar refractivity (Wildman–Crippen MR) is 128 cm³/mol. The van der Waals surface area contributed by atoms with E-state index >= 15 is 0 Å². The summed E-state index contributed by atoms with van der Waals surface area (Å²) in [5.74, 6) is 2.41. The summed E-state index contributed by atoms with van der Waals surface area (Å²) in [6, 6.07) is 10.3. The van der Waals surface area contributed by atoms with E-state index in [0.717, 1.165) is 55.1 Å². The van der Waals surface area contributed by atoms with Crippen molar-refractivity contribution < 1.29 is 9.59 Å². The van der Waals surface area contributed by atoms with E-state index in [1.54, 1.807) is 0 Å². The van der Waals surface area contributed by atoms with Crippen molar-refractivity contribution >= 4 is 17.6 Å². The van der Waals surface area contributed by atoms with E-state index in [1.807, 2.05) is 34.9 Å². The van der Waals surface area contributed by atoms with E-state index in [0.29, 0.717) is 31.8 Å². The van der Waals surface area contributed by atoms with Crippen molar-refractivity contribution in [3.8, 4) is 0 Å². The molecule has 0 spiro atoms. The first-order valence-electron chi connectivity index (χ1n) is 12.6. The number of aryl methyl sites for hydroxylation is 1. The zero-order valence-electron chi connectivity index (χ0n) is 19.6. The number of likely N-dealkylation sites (tertiary alicyclic amines) is 1. The number of carbonyl (C=O) groups excluding carboxylic acids is 2. The van der Waals surface area contributed by atoms with Crippen molar-refractivity contribution in [3.63, 3.8) is 0 Å². The van der Waals surface area contributed by atoms with Crippen molar-refractivity contribution in [1.29, 1.82) is 0 Å². The fourth-order valence-corrected chi connectivity index (χ4v) is 5.68. The van der Waals surface area contributed by atoms with Crippen molar-refractivity contribution in [2.24, 2.45) is 5.92 Å². The van der Waals surface area contributed by atoms with Crippen LogP contribution >= 0.6 is 0 Å². The highest BCUT2D eigenvalue weighted by Crippen LogP contribution is 2.34. The number of anilines is 1. The van der Waals surface area contributed by atoms with Crippen molar-refractivity contribution in [2.75, 3.05) is 24.5 Å². The number of fused-ring (bicyclic) bond motifs is 1. The minimum Gasteiger partial charge on any atom is -0.342 e. The van der Waals surface area contributed by atoms with Gasteiger partial charge in [-0.3, -0.25) is 14.5 Å². The van der Waals surface area contributed by atoms with Crippen LogP contribution < -0.4 is 4.90 Å². The van der Waals surface area contributed by atoms with Gasteiger partial charge in [0, 0.05) is 49.1 Å². The van der Waals surface area contributed by atoms with E-state index in [2.05, 4.69) is 12.1 Å². The largest absolute Gasteiger partial charge is 0.342 e. The summed E-state index contributed by atoms with van der Waals surface area (Å²) >= 11 is 0. The Kier molecular flexibility index (Phi) is 6.43. The van der Waals surface area contributed by atoms with Crippen LogP contribution in [0.1, 0.15) is 73.5 Å². The summed E-state index contributed by atoms with van der Waals surface area (Å²) in [7, 11) is 0. The number of benzene rings is 1. The SMILES string of the molecule is Cc1nc(C2CCN(C(=O)C3CCCCC3)C2)nc2c1CCC(=O)N2CCc1ccccc1.